The van der Waals surface area contributed by atoms with Crippen molar-refractivity contribution in [2.45, 2.75) is 23.4 Å². The molecule has 1 amide bonds. The highest BCUT2D eigenvalue weighted by Crippen LogP contribution is 2.32. The van der Waals surface area contributed by atoms with Gasteiger partial charge in [-0.25, -0.2) is 4.39 Å². The second kappa shape index (κ2) is 7.52. The van der Waals surface area contributed by atoms with Gasteiger partial charge in [-0.05, 0) is 24.1 Å². The maximum absolute atomic E-state index is 14.4. The molecule has 0 radical (unpaired) electrons. The molecule has 5 nitrogen and oxygen atoms in total. The number of carbonyl (C=O) groups is 1. The Hall–Kier alpha value is -2.67. The molecule has 4 rings (SSSR count). The van der Waals surface area contributed by atoms with Crippen molar-refractivity contribution in [3.63, 3.8) is 0 Å². The van der Waals surface area contributed by atoms with E-state index in [1.807, 2.05) is 41.9 Å². The average molecular weight is 382 g/mol. The molecule has 3 aromatic rings. The van der Waals surface area contributed by atoms with Gasteiger partial charge in [-0.15, -0.1) is 10.2 Å². The Morgan fingerprint density at radius 1 is 1.11 bits per heavy atom. The summed E-state index contributed by atoms with van der Waals surface area (Å²) in [5.41, 5.74) is 1.47. The Morgan fingerprint density at radius 3 is 2.56 bits per heavy atom. The summed E-state index contributed by atoms with van der Waals surface area (Å²) >= 11 is 1.41. The second-order valence-corrected chi connectivity index (χ2v) is 7.68. The van der Waals surface area contributed by atoms with Crippen LogP contribution in [0.5, 0.6) is 0 Å². The van der Waals surface area contributed by atoms with Crippen LogP contribution in [0.2, 0.25) is 0 Å². The van der Waals surface area contributed by atoms with Gasteiger partial charge in [0, 0.05) is 13.6 Å². The molecule has 1 aliphatic rings. The maximum atomic E-state index is 14.4. The van der Waals surface area contributed by atoms with Crippen LogP contribution in [0, 0.1) is 5.82 Å². The molecule has 1 aromatic heterocycles. The topological polar surface area (TPSA) is 51.0 Å². The minimum Gasteiger partial charge on any atom is -0.345 e. The van der Waals surface area contributed by atoms with Gasteiger partial charge in [0.25, 0.3) is 0 Å². The molecule has 7 heteroatoms. The van der Waals surface area contributed by atoms with Crippen molar-refractivity contribution in [1.29, 1.82) is 0 Å². The smallest absolute Gasteiger partial charge is 0.235 e. The maximum Gasteiger partial charge on any atom is 0.235 e. The average Bonchev–Trinajstić information content (AvgIpc) is 3.21. The van der Waals surface area contributed by atoms with E-state index in [0.29, 0.717) is 23.1 Å². The predicted octanol–water partition coefficient (Wildman–Crippen LogP) is 3.46. The SMILES string of the molecule is CN1CCC(Sc2nnc(-c3ccccc3F)n2Cc2ccccc2)C1=O. The lowest BCUT2D eigenvalue weighted by Crippen LogP contribution is -2.24. The Kier molecular flexibility index (Phi) is 4.94. The number of nitrogens with zero attached hydrogens (tertiary/aromatic N) is 4. The van der Waals surface area contributed by atoms with Gasteiger partial charge in [0.15, 0.2) is 11.0 Å². The number of benzene rings is 2. The Balaban J connectivity index is 1.73. The fourth-order valence-corrected chi connectivity index (χ4v) is 4.28. The highest BCUT2D eigenvalue weighted by molar-refractivity contribution is 8.00. The fraction of sp³-hybridized carbons (Fsp3) is 0.250. The van der Waals surface area contributed by atoms with Crippen LogP contribution in [-0.4, -0.2) is 44.4 Å². The minimum atomic E-state index is -0.340. The van der Waals surface area contributed by atoms with E-state index >= 15 is 0 Å². The number of carbonyl (C=O) groups excluding carboxylic acids is 1. The van der Waals surface area contributed by atoms with Crippen LogP contribution in [0.3, 0.4) is 0 Å². The lowest BCUT2D eigenvalue weighted by molar-refractivity contribution is -0.126. The molecule has 0 N–H and O–H groups in total. The Bertz CT molecular complexity index is 960. The third kappa shape index (κ3) is 3.60. The van der Waals surface area contributed by atoms with E-state index in [0.717, 1.165) is 18.5 Å². The molecule has 0 saturated carbocycles. The third-order valence-electron chi connectivity index (χ3n) is 4.64. The summed E-state index contributed by atoms with van der Waals surface area (Å²) in [4.78, 5) is 14.0. The van der Waals surface area contributed by atoms with Gasteiger partial charge < -0.3 is 4.90 Å². The molecule has 0 bridgehead atoms. The lowest BCUT2D eigenvalue weighted by atomic mass is 10.2. The zero-order chi connectivity index (χ0) is 18.8. The number of aromatic nitrogens is 3. The van der Waals surface area contributed by atoms with Crippen molar-refractivity contribution in [2.24, 2.45) is 0 Å². The Labute approximate surface area is 161 Å². The van der Waals surface area contributed by atoms with E-state index < -0.39 is 0 Å². The molecular formula is C20H19FN4OS. The van der Waals surface area contributed by atoms with Crippen LogP contribution in [0.1, 0.15) is 12.0 Å². The summed E-state index contributed by atoms with van der Waals surface area (Å²) < 4.78 is 16.3. The van der Waals surface area contributed by atoms with Crippen LogP contribution >= 0.6 is 11.8 Å². The summed E-state index contributed by atoms with van der Waals surface area (Å²) in [5, 5.41) is 9.00. The van der Waals surface area contributed by atoms with Gasteiger partial charge in [0.1, 0.15) is 5.82 Å². The molecule has 1 aliphatic heterocycles. The van der Waals surface area contributed by atoms with Crippen LogP contribution in [-0.2, 0) is 11.3 Å². The standard InChI is InChI=1S/C20H19FN4OS/c1-24-12-11-17(19(24)26)27-20-23-22-18(15-9-5-6-10-16(15)21)25(20)13-14-7-3-2-4-8-14/h2-10,17H,11-13H2,1H3. The molecule has 0 spiro atoms. The number of likely N-dealkylation sites (tertiary alicyclic amines) is 1. The summed E-state index contributed by atoms with van der Waals surface area (Å²) in [5.74, 6) is 0.229. The number of halogens is 1. The number of hydrogen-bond donors (Lipinski definition) is 0. The number of thioether (sulfide) groups is 1. The van der Waals surface area contributed by atoms with Crippen molar-refractivity contribution in [3.05, 3.63) is 66.0 Å². The van der Waals surface area contributed by atoms with Crippen molar-refractivity contribution >= 4 is 17.7 Å². The van der Waals surface area contributed by atoms with Gasteiger partial charge in [-0.1, -0.05) is 54.2 Å². The zero-order valence-corrected chi connectivity index (χ0v) is 15.7. The second-order valence-electron chi connectivity index (χ2n) is 6.51. The van der Waals surface area contributed by atoms with Gasteiger partial charge in [-0.2, -0.15) is 0 Å². The first kappa shape index (κ1) is 17.7. The summed E-state index contributed by atoms with van der Waals surface area (Å²) in [6.07, 6.45) is 0.771. The number of amides is 1. The van der Waals surface area contributed by atoms with E-state index in [1.54, 1.807) is 23.1 Å². The number of rotatable bonds is 5. The van der Waals surface area contributed by atoms with Gasteiger partial charge >= 0.3 is 0 Å². The largest absolute Gasteiger partial charge is 0.345 e. The van der Waals surface area contributed by atoms with Crippen LogP contribution in [0.25, 0.3) is 11.4 Å². The first-order valence-corrected chi connectivity index (χ1v) is 9.65. The minimum absolute atomic E-state index is 0.0988. The first-order chi connectivity index (χ1) is 13.1. The van der Waals surface area contributed by atoms with Crippen molar-refractivity contribution in [1.82, 2.24) is 19.7 Å². The zero-order valence-electron chi connectivity index (χ0n) is 14.9. The third-order valence-corrected chi connectivity index (χ3v) is 5.88. The lowest BCUT2D eigenvalue weighted by Gasteiger charge is -2.13. The normalized spacial score (nSPS) is 16.9. The summed E-state index contributed by atoms with van der Waals surface area (Å²) in [6.45, 7) is 1.25. The molecule has 1 fully saturated rings. The molecule has 1 atom stereocenters. The van der Waals surface area contributed by atoms with Gasteiger partial charge in [0.2, 0.25) is 5.91 Å². The van der Waals surface area contributed by atoms with Gasteiger partial charge in [0.05, 0.1) is 17.4 Å². The molecular weight excluding hydrogens is 363 g/mol. The van der Waals surface area contributed by atoms with E-state index in [-0.39, 0.29) is 17.0 Å². The quantitative estimate of drug-likeness (QED) is 0.678. The monoisotopic (exact) mass is 382 g/mol. The van der Waals surface area contributed by atoms with Crippen LogP contribution in [0.4, 0.5) is 4.39 Å². The van der Waals surface area contributed by atoms with Crippen molar-refractivity contribution < 1.29 is 9.18 Å². The van der Waals surface area contributed by atoms with E-state index in [9.17, 15) is 9.18 Å². The molecule has 2 aromatic carbocycles. The molecule has 1 saturated heterocycles. The highest BCUT2D eigenvalue weighted by Gasteiger charge is 2.32. The Morgan fingerprint density at radius 2 is 1.85 bits per heavy atom. The first-order valence-electron chi connectivity index (χ1n) is 8.77. The molecule has 27 heavy (non-hydrogen) atoms. The molecule has 1 unspecified atom stereocenters. The summed E-state index contributed by atoms with van der Waals surface area (Å²) in [6, 6.07) is 16.4. The predicted molar refractivity (Wildman–Crippen MR) is 103 cm³/mol. The summed E-state index contributed by atoms with van der Waals surface area (Å²) in [7, 11) is 1.81. The van der Waals surface area contributed by atoms with E-state index in [4.69, 9.17) is 0 Å². The van der Waals surface area contributed by atoms with Crippen molar-refractivity contribution in [2.75, 3.05) is 13.6 Å². The van der Waals surface area contributed by atoms with Gasteiger partial charge in [-0.3, -0.25) is 9.36 Å². The molecule has 2 heterocycles. The fourth-order valence-electron chi connectivity index (χ4n) is 3.15. The highest BCUT2D eigenvalue weighted by atomic mass is 32.2. The van der Waals surface area contributed by atoms with Crippen LogP contribution < -0.4 is 0 Å². The van der Waals surface area contributed by atoms with Crippen molar-refractivity contribution in [3.8, 4) is 11.4 Å². The van der Waals surface area contributed by atoms with E-state index in [2.05, 4.69) is 10.2 Å². The molecule has 0 aliphatic carbocycles. The molecule has 138 valence electrons. The number of hydrogen-bond acceptors (Lipinski definition) is 4. The van der Waals surface area contributed by atoms with E-state index in [1.165, 1.54) is 17.8 Å². The van der Waals surface area contributed by atoms with Crippen LogP contribution in [0.15, 0.2) is 59.8 Å².